The smallest absolute Gasteiger partial charge is 0.262 e. The Morgan fingerprint density at radius 1 is 1.35 bits per heavy atom. The number of allylic oxidation sites excluding steroid dienone is 1. The minimum atomic E-state index is -1.27. The van der Waals surface area contributed by atoms with Crippen molar-refractivity contribution in [1.29, 1.82) is 0 Å². The number of nitrogens with zero attached hydrogens (tertiary/aromatic N) is 2. The van der Waals surface area contributed by atoms with Crippen LogP contribution in [-0.2, 0) is 6.54 Å². The first-order chi connectivity index (χ1) is 12.5. The molecule has 1 aliphatic rings. The van der Waals surface area contributed by atoms with E-state index in [1.54, 1.807) is 18.6 Å². The average Bonchev–Trinajstić information content (AvgIpc) is 3.18. The number of hydrogen-bond donors (Lipinski definition) is 0. The standard InChI is InChI=1S/C19H16N2O4S/c1-10-14-17(26-15(10)19(23)24)20-16-12(7-8-21(16)18(14)22)9-11-3-5-13(25-2)6-4-11/h3-6,9H,7-8H2,1-2H3,(H,23,24)/p-1/b12-9+. The summed E-state index contributed by atoms with van der Waals surface area (Å²) >= 11 is 0.995. The molecule has 0 saturated carbocycles. The van der Waals surface area contributed by atoms with Crippen LogP contribution < -0.4 is 15.4 Å². The molecule has 3 aromatic rings. The average molecular weight is 367 g/mol. The van der Waals surface area contributed by atoms with Gasteiger partial charge in [-0.05, 0) is 48.3 Å². The topological polar surface area (TPSA) is 84.2 Å². The fraction of sp³-hybridized carbons (Fsp3) is 0.211. The van der Waals surface area contributed by atoms with E-state index >= 15 is 0 Å². The van der Waals surface area contributed by atoms with E-state index in [9.17, 15) is 14.7 Å². The summed E-state index contributed by atoms with van der Waals surface area (Å²) in [5.41, 5.74) is 2.19. The molecular formula is C19H15N2O4S-. The minimum absolute atomic E-state index is 0.0644. The lowest BCUT2D eigenvalue weighted by molar-refractivity contribution is -0.254. The maximum Gasteiger partial charge on any atom is 0.262 e. The second-order valence-corrected chi connectivity index (χ2v) is 7.11. The van der Waals surface area contributed by atoms with Crippen LogP contribution in [0.2, 0.25) is 0 Å². The Balaban J connectivity index is 1.86. The third-order valence-corrected chi connectivity index (χ3v) is 5.75. The Morgan fingerprint density at radius 2 is 2.08 bits per heavy atom. The second-order valence-electron chi connectivity index (χ2n) is 6.11. The highest BCUT2D eigenvalue weighted by molar-refractivity contribution is 7.20. The van der Waals surface area contributed by atoms with Crippen molar-refractivity contribution in [2.45, 2.75) is 19.9 Å². The highest BCUT2D eigenvalue weighted by Crippen LogP contribution is 2.32. The highest BCUT2D eigenvalue weighted by Gasteiger charge is 2.24. The van der Waals surface area contributed by atoms with Crippen molar-refractivity contribution in [3.8, 4) is 5.75 Å². The van der Waals surface area contributed by atoms with E-state index in [1.165, 1.54) is 0 Å². The largest absolute Gasteiger partial charge is 0.544 e. The molecule has 4 rings (SSSR count). The van der Waals surface area contributed by atoms with Crippen molar-refractivity contribution < 1.29 is 14.6 Å². The van der Waals surface area contributed by atoms with Crippen LogP contribution in [0.15, 0.2) is 29.1 Å². The predicted molar refractivity (Wildman–Crippen MR) is 98.4 cm³/mol. The molecule has 0 saturated heterocycles. The molecule has 132 valence electrons. The zero-order chi connectivity index (χ0) is 18.4. The number of aromatic nitrogens is 2. The van der Waals surface area contributed by atoms with E-state index in [1.807, 2.05) is 30.3 Å². The molecule has 0 spiro atoms. The molecule has 1 aromatic carbocycles. The van der Waals surface area contributed by atoms with Gasteiger partial charge in [0.25, 0.3) is 5.56 Å². The quantitative estimate of drug-likeness (QED) is 0.708. The number of carbonyl (C=O) groups is 1. The number of aromatic carboxylic acids is 1. The molecule has 0 unspecified atom stereocenters. The van der Waals surface area contributed by atoms with Crippen LogP contribution in [0, 0.1) is 6.92 Å². The van der Waals surface area contributed by atoms with Crippen LogP contribution in [0.3, 0.4) is 0 Å². The molecular weight excluding hydrogens is 352 g/mol. The van der Waals surface area contributed by atoms with Gasteiger partial charge in [-0.3, -0.25) is 9.36 Å². The molecule has 0 fully saturated rings. The molecule has 2 aromatic heterocycles. The van der Waals surface area contributed by atoms with Gasteiger partial charge in [-0.1, -0.05) is 12.1 Å². The van der Waals surface area contributed by atoms with E-state index in [2.05, 4.69) is 4.98 Å². The Morgan fingerprint density at radius 3 is 2.73 bits per heavy atom. The number of thiophene rings is 1. The number of hydrogen-bond acceptors (Lipinski definition) is 6. The lowest BCUT2D eigenvalue weighted by atomic mass is 10.1. The number of ether oxygens (including phenoxy) is 1. The number of methoxy groups -OCH3 is 1. The maximum atomic E-state index is 12.8. The number of carbonyl (C=O) groups excluding carboxylic acids is 1. The van der Waals surface area contributed by atoms with Crippen LogP contribution in [0.5, 0.6) is 5.75 Å². The number of aryl methyl sites for hydroxylation is 1. The lowest BCUT2D eigenvalue weighted by Crippen LogP contribution is -2.23. The van der Waals surface area contributed by atoms with Gasteiger partial charge in [0.05, 0.1) is 23.3 Å². The first kappa shape index (κ1) is 16.5. The zero-order valence-electron chi connectivity index (χ0n) is 14.2. The van der Waals surface area contributed by atoms with Gasteiger partial charge in [0.1, 0.15) is 16.4 Å². The van der Waals surface area contributed by atoms with Crippen molar-refractivity contribution >= 4 is 39.2 Å². The second kappa shape index (κ2) is 6.10. The molecule has 3 heterocycles. The molecule has 0 amide bonds. The number of carboxylic acid groups (broad SMARTS) is 1. The SMILES string of the molecule is COc1ccc(/C=C2\CCn3c2nc2sc(C(=O)[O-])c(C)c2c3=O)cc1. The van der Waals surface area contributed by atoms with Crippen LogP contribution in [0.4, 0.5) is 0 Å². The van der Waals surface area contributed by atoms with Gasteiger partial charge in [-0.2, -0.15) is 0 Å². The van der Waals surface area contributed by atoms with Crippen molar-refractivity contribution in [3.05, 3.63) is 56.4 Å². The van der Waals surface area contributed by atoms with Crippen LogP contribution in [0.25, 0.3) is 21.9 Å². The minimum Gasteiger partial charge on any atom is -0.544 e. The molecule has 0 bridgehead atoms. The third-order valence-electron chi connectivity index (χ3n) is 4.58. The third kappa shape index (κ3) is 2.52. The summed E-state index contributed by atoms with van der Waals surface area (Å²) in [6.45, 7) is 2.16. The monoisotopic (exact) mass is 367 g/mol. The van der Waals surface area contributed by atoms with Gasteiger partial charge in [0.15, 0.2) is 0 Å². The van der Waals surface area contributed by atoms with Crippen molar-refractivity contribution in [2.24, 2.45) is 0 Å². The fourth-order valence-electron chi connectivity index (χ4n) is 3.25. The van der Waals surface area contributed by atoms with Crippen molar-refractivity contribution in [1.82, 2.24) is 9.55 Å². The molecule has 1 aliphatic heterocycles. The van der Waals surface area contributed by atoms with Gasteiger partial charge >= 0.3 is 0 Å². The number of carboxylic acids is 1. The van der Waals surface area contributed by atoms with Crippen molar-refractivity contribution in [2.75, 3.05) is 7.11 Å². The fourth-order valence-corrected chi connectivity index (χ4v) is 4.25. The van der Waals surface area contributed by atoms with E-state index in [0.29, 0.717) is 34.6 Å². The zero-order valence-corrected chi connectivity index (χ0v) is 15.1. The summed E-state index contributed by atoms with van der Waals surface area (Å²) in [7, 11) is 1.62. The van der Waals surface area contributed by atoms with E-state index < -0.39 is 5.97 Å². The molecule has 0 N–H and O–H groups in total. The number of fused-ring (bicyclic) bond motifs is 2. The Kier molecular flexibility index (Phi) is 3.88. The normalized spacial score (nSPS) is 14.8. The lowest BCUT2D eigenvalue weighted by Gasteiger charge is -2.04. The summed E-state index contributed by atoms with van der Waals surface area (Å²) in [4.78, 5) is 29.2. The Hall–Kier alpha value is -2.93. The summed E-state index contributed by atoms with van der Waals surface area (Å²) in [6.07, 6.45) is 2.70. The van der Waals surface area contributed by atoms with Gasteiger partial charge in [-0.15, -0.1) is 11.3 Å². The molecule has 0 radical (unpaired) electrons. The summed E-state index contributed by atoms with van der Waals surface area (Å²) < 4.78 is 6.78. The number of benzene rings is 1. The first-order valence-corrected chi connectivity index (χ1v) is 8.91. The van der Waals surface area contributed by atoms with E-state index in [4.69, 9.17) is 4.74 Å². The highest BCUT2D eigenvalue weighted by atomic mass is 32.1. The molecule has 0 atom stereocenters. The summed E-state index contributed by atoms with van der Waals surface area (Å²) in [5, 5.41) is 11.6. The van der Waals surface area contributed by atoms with Gasteiger partial charge in [-0.25, -0.2) is 4.98 Å². The predicted octanol–water partition coefficient (Wildman–Crippen LogP) is 2.08. The van der Waals surface area contributed by atoms with Crippen LogP contribution in [0.1, 0.15) is 33.0 Å². The van der Waals surface area contributed by atoms with Crippen LogP contribution in [-0.4, -0.2) is 22.6 Å². The van der Waals surface area contributed by atoms with E-state index in [-0.39, 0.29) is 10.4 Å². The van der Waals surface area contributed by atoms with Crippen molar-refractivity contribution in [3.63, 3.8) is 0 Å². The summed E-state index contributed by atoms with van der Waals surface area (Å²) in [6, 6.07) is 7.63. The van der Waals surface area contributed by atoms with Gasteiger partial charge < -0.3 is 14.6 Å². The van der Waals surface area contributed by atoms with E-state index in [0.717, 1.165) is 28.2 Å². The Bertz CT molecular complexity index is 1120. The number of rotatable bonds is 3. The van der Waals surface area contributed by atoms with Gasteiger partial charge in [0, 0.05) is 6.54 Å². The van der Waals surface area contributed by atoms with Gasteiger partial charge in [0.2, 0.25) is 0 Å². The summed E-state index contributed by atoms with van der Waals surface area (Å²) in [5.74, 6) is 0.104. The molecule has 6 nitrogen and oxygen atoms in total. The maximum absolute atomic E-state index is 12.8. The molecule has 7 heteroatoms. The Labute approximate surface area is 153 Å². The molecule has 26 heavy (non-hydrogen) atoms. The molecule has 0 aliphatic carbocycles. The van der Waals surface area contributed by atoms with Crippen LogP contribution >= 0.6 is 11.3 Å². The first-order valence-electron chi connectivity index (χ1n) is 8.10.